The Bertz CT molecular complexity index is 751. The van der Waals surface area contributed by atoms with Crippen LogP contribution >= 0.6 is 23.5 Å². The van der Waals surface area contributed by atoms with Crippen molar-refractivity contribution >= 4 is 23.5 Å². The largest absolute Gasteiger partial charge is 0.388 e. The van der Waals surface area contributed by atoms with Crippen LogP contribution < -0.4 is 5.73 Å². The zero-order valence-electron chi connectivity index (χ0n) is 15.6. The van der Waals surface area contributed by atoms with E-state index in [0.29, 0.717) is 0 Å². The highest BCUT2D eigenvalue weighted by Crippen LogP contribution is 2.33. The van der Waals surface area contributed by atoms with Gasteiger partial charge in [-0.2, -0.15) is 0 Å². The van der Waals surface area contributed by atoms with Crippen molar-refractivity contribution in [2.75, 3.05) is 6.26 Å². The van der Waals surface area contributed by atoms with E-state index in [9.17, 15) is 15.3 Å². The second kappa shape index (κ2) is 9.53. The summed E-state index contributed by atoms with van der Waals surface area (Å²) in [5.74, 6) is 0. The lowest BCUT2D eigenvalue weighted by molar-refractivity contribution is -0.202. The molecule has 0 radical (unpaired) electrons. The molecule has 3 rings (SSSR count). The smallest absolute Gasteiger partial charge is 0.132 e. The van der Waals surface area contributed by atoms with E-state index in [1.165, 1.54) is 18.1 Å². The van der Waals surface area contributed by atoms with Crippen molar-refractivity contribution in [1.29, 1.82) is 0 Å². The van der Waals surface area contributed by atoms with E-state index in [-0.39, 0.29) is 5.25 Å². The molecular formula is C19H25N3O4S2. The zero-order chi connectivity index (χ0) is 20.3. The molecule has 5 N–H and O–H groups in total. The summed E-state index contributed by atoms with van der Waals surface area (Å²) in [6.07, 6.45) is 2.36. The molecule has 0 amide bonds. The lowest BCUT2D eigenvalue weighted by Gasteiger charge is -2.43. The number of thioether (sulfide) groups is 2. The summed E-state index contributed by atoms with van der Waals surface area (Å²) >= 11 is 2.84. The van der Waals surface area contributed by atoms with Crippen LogP contribution in [-0.2, 0) is 4.74 Å². The maximum atomic E-state index is 10.3. The molecule has 1 aromatic carbocycles. The topological polar surface area (TPSA) is 122 Å². The fourth-order valence-corrected chi connectivity index (χ4v) is 4.83. The molecule has 9 heteroatoms. The van der Waals surface area contributed by atoms with E-state index < -0.39 is 35.9 Å². The van der Waals surface area contributed by atoms with Crippen LogP contribution in [0.1, 0.15) is 6.92 Å². The van der Waals surface area contributed by atoms with E-state index >= 15 is 0 Å². The van der Waals surface area contributed by atoms with Gasteiger partial charge in [0.1, 0.15) is 36.2 Å². The number of rotatable bonds is 6. The van der Waals surface area contributed by atoms with Crippen LogP contribution in [-0.4, -0.2) is 72.7 Å². The number of ether oxygens (including phenoxy) is 1. The summed E-state index contributed by atoms with van der Waals surface area (Å²) in [6, 6.07) is 7.46. The fourth-order valence-electron chi connectivity index (χ4n) is 3.12. The molecule has 2 aromatic rings. The summed E-state index contributed by atoms with van der Waals surface area (Å²) in [5.41, 5.74) is 7.69. The van der Waals surface area contributed by atoms with Gasteiger partial charge in [0.25, 0.3) is 0 Å². The first-order valence-electron chi connectivity index (χ1n) is 8.92. The fraction of sp³-hybridized carbons (Fsp3) is 0.474. The Morgan fingerprint density at radius 3 is 2.25 bits per heavy atom. The van der Waals surface area contributed by atoms with Crippen LogP contribution in [0.4, 0.5) is 0 Å². The van der Waals surface area contributed by atoms with Gasteiger partial charge in [0.05, 0.1) is 0 Å². The summed E-state index contributed by atoms with van der Waals surface area (Å²) in [6.45, 7) is 1.95. The first-order chi connectivity index (χ1) is 13.4. The third-order valence-corrected chi connectivity index (χ3v) is 6.92. The summed E-state index contributed by atoms with van der Waals surface area (Å²) in [4.78, 5) is 9.08. The van der Waals surface area contributed by atoms with Gasteiger partial charge in [-0.25, -0.2) is 9.97 Å². The van der Waals surface area contributed by atoms with Crippen molar-refractivity contribution in [2.24, 2.45) is 5.73 Å². The third-order valence-electron chi connectivity index (χ3n) is 4.83. The van der Waals surface area contributed by atoms with Crippen molar-refractivity contribution in [3.63, 3.8) is 0 Å². The minimum atomic E-state index is -1.29. The normalized spacial score (nSPS) is 30.0. The number of nitrogens with two attached hydrogens (primary N) is 1. The predicted octanol–water partition coefficient (Wildman–Crippen LogP) is 1.12. The average Bonchev–Trinajstić information content (AvgIpc) is 2.73. The molecule has 1 saturated heterocycles. The van der Waals surface area contributed by atoms with E-state index in [1.807, 2.05) is 31.2 Å². The van der Waals surface area contributed by atoms with Crippen molar-refractivity contribution in [3.05, 3.63) is 43.0 Å². The Morgan fingerprint density at radius 2 is 1.64 bits per heavy atom. The van der Waals surface area contributed by atoms with Gasteiger partial charge < -0.3 is 25.8 Å². The van der Waals surface area contributed by atoms with Gasteiger partial charge in [0.2, 0.25) is 0 Å². The van der Waals surface area contributed by atoms with Crippen LogP contribution in [0.15, 0.2) is 47.9 Å². The van der Waals surface area contributed by atoms with Crippen LogP contribution in [0.3, 0.4) is 0 Å². The molecule has 1 aliphatic heterocycles. The van der Waals surface area contributed by atoms with Gasteiger partial charge in [0.15, 0.2) is 0 Å². The van der Waals surface area contributed by atoms with Crippen LogP contribution in [0.2, 0.25) is 0 Å². The Hall–Kier alpha value is -1.20. The Balaban J connectivity index is 1.66. The van der Waals surface area contributed by atoms with E-state index in [4.69, 9.17) is 10.5 Å². The van der Waals surface area contributed by atoms with Gasteiger partial charge >= 0.3 is 0 Å². The van der Waals surface area contributed by atoms with Crippen molar-refractivity contribution in [1.82, 2.24) is 9.97 Å². The molecule has 7 atom stereocenters. The molecule has 1 aliphatic rings. The van der Waals surface area contributed by atoms with Crippen LogP contribution in [0.5, 0.6) is 0 Å². The van der Waals surface area contributed by atoms with Crippen molar-refractivity contribution in [2.45, 2.75) is 53.0 Å². The number of aromatic nitrogens is 2. The summed E-state index contributed by atoms with van der Waals surface area (Å²) in [5, 5.41) is 30.3. The highest BCUT2D eigenvalue weighted by Gasteiger charge is 2.46. The molecule has 0 saturated carbocycles. The Labute approximate surface area is 172 Å². The maximum Gasteiger partial charge on any atom is 0.132 e. The van der Waals surface area contributed by atoms with Gasteiger partial charge in [-0.05, 0) is 24.0 Å². The molecule has 1 aromatic heterocycles. The summed E-state index contributed by atoms with van der Waals surface area (Å²) in [7, 11) is 0. The standard InChI is InChI=1S/C19H25N3O4S2/c1-10(14(20)18-16(24)15(23)17(25)19(26-18)27-2)28-13-5-3-11(4-6-13)12-7-21-9-22-8-12/h3-10,14-19,23-25H,20H2,1-2H3/t10-,14+,15+,16?,17+,18+,19?/m0/s1. The lowest BCUT2D eigenvalue weighted by atomic mass is 9.94. The number of hydrogen-bond acceptors (Lipinski definition) is 9. The SMILES string of the molecule is CSC1O[C@H]([C@H](N)[C@H](C)Sc2ccc(-c3cncnc3)cc2)C(O)[C@@H](O)[C@H]1O. The predicted molar refractivity (Wildman–Crippen MR) is 111 cm³/mol. The number of hydrogen-bond donors (Lipinski definition) is 4. The maximum absolute atomic E-state index is 10.3. The van der Waals surface area contributed by atoms with E-state index in [2.05, 4.69) is 9.97 Å². The molecular weight excluding hydrogens is 398 g/mol. The first kappa shape index (κ1) is 21.5. The third kappa shape index (κ3) is 4.68. The van der Waals surface area contributed by atoms with Crippen molar-refractivity contribution < 1.29 is 20.1 Å². The van der Waals surface area contributed by atoms with Crippen LogP contribution in [0.25, 0.3) is 11.1 Å². The molecule has 0 bridgehead atoms. The van der Waals surface area contributed by atoms with Gasteiger partial charge in [-0.1, -0.05) is 19.1 Å². The number of aliphatic hydroxyl groups is 3. The Kier molecular flexibility index (Phi) is 7.32. The lowest BCUT2D eigenvalue weighted by Crippen LogP contribution is -2.62. The van der Waals surface area contributed by atoms with Gasteiger partial charge in [-0.3, -0.25) is 0 Å². The number of benzene rings is 1. The zero-order valence-corrected chi connectivity index (χ0v) is 17.3. The molecule has 152 valence electrons. The second-order valence-electron chi connectivity index (χ2n) is 6.73. The molecule has 2 unspecified atom stereocenters. The minimum Gasteiger partial charge on any atom is -0.388 e. The monoisotopic (exact) mass is 423 g/mol. The highest BCUT2D eigenvalue weighted by atomic mass is 32.2. The number of aliphatic hydroxyl groups excluding tert-OH is 3. The number of nitrogens with zero attached hydrogens (tertiary/aromatic N) is 2. The molecule has 0 spiro atoms. The molecule has 7 nitrogen and oxygen atoms in total. The van der Waals surface area contributed by atoms with Crippen LogP contribution in [0, 0.1) is 0 Å². The van der Waals surface area contributed by atoms with Gasteiger partial charge in [0, 0.05) is 34.1 Å². The molecule has 28 heavy (non-hydrogen) atoms. The highest BCUT2D eigenvalue weighted by molar-refractivity contribution is 8.00. The molecule has 2 heterocycles. The van der Waals surface area contributed by atoms with E-state index in [0.717, 1.165) is 16.0 Å². The molecule has 1 fully saturated rings. The quantitative estimate of drug-likeness (QED) is 0.506. The first-order valence-corrected chi connectivity index (χ1v) is 11.1. The Morgan fingerprint density at radius 1 is 1.00 bits per heavy atom. The second-order valence-corrected chi connectivity index (χ2v) is 9.12. The average molecular weight is 424 g/mol. The summed E-state index contributed by atoms with van der Waals surface area (Å²) < 4.78 is 5.78. The minimum absolute atomic E-state index is 0.0875. The van der Waals surface area contributed by atoms with Gasteiger partial charge in [-0.15, -0.1) is 23.5 Å². The molecule has 0 aliphatic carbocycles. The van der Waals surface area contributed by atoms with E-state index in [1.54, 1.807) is 30.4 Å². The van der Waals surface area contributed by atoms with Crippen molar-refractivity contribution in [3.8, 4) is 11.1 Å².